The lowest BCUT2D eigenvalue weighted by atomic mass is 10.2. The van der Waals surface area contributed by atoms with E-state index in [4.69, 9.17) is 14.2 Å². The highest BCUT2D eigenvalue weighted by molar-refractivity contribution is 5.90. The largest absolute Gasteiger partial charge is 0.473 e. The van der Waals surface area contributed by atoms with E-state index in [9.17, 15) is 4.79 Å². The van der Waals surface area contributed by atoms with Crippen LogP contribution in [0.25, 0.3) is 0 Å². The van der Waals surface area contributed by atoms with Gasteiger partial charge in [-0.15, -0.1) is 0 Å². The van der Waals surface area contributed by atoms with E-state index >= 15 is 0 Å². The molecule has 0 fully saturated rings. The molecule has 4 aromatic rings. The third-order valence-electron chi connectivity index (χ3n) is 4.83. The summed E-state index contributed by atoms with van der Waals surface area (Å²) in [6, 6.07) is 32.0. The second-order valence-corrected chi connectivity index (χ2v) is 7.41. The summed E-state index contributed by atoms with van der Waals surface area (Å²) in [6.45, 7) is 2.16. The number of anilines is 2. The second kappa shape index (κ2) is 11.4. The first-order chi connectivity index (χ1) is 16.7. The van der Waals surface area contributed by atoms with Crippen LogP contribution in [0.2, 0.25) is 0 Å². The van der Waals surface area contributed by atoms with Crippen LogP contribution in [-0.4, -0.2) is 12.6 Å². The van der Waals surface area contributed by atoms with Crippen molar-refractivity contribution < 1.29 is 19.0 Å². The van der Waals surface area contributed by atoms with Crippen LogP contribution < -0.4 is 24.8 Å². The summed E-state index contributed by atoms with van der Waals surface area (Å²) in [7, 11) is 0. The van der Waals surface area contributed by atoms with Gasteiger partial charge >= 0.3 is 0 Å². The third-order valence-corrected chi connectivity index (χ3v) is 4.83. The molecule has 34 heavy (non-hydrogen) atoms. The first kappa shape index (κ1) is 22.7. The molecule has 6 heteroatoms. The number of nitrogens with one attached hydrogen (secondary N) is 2. The first-order valence-corrected chi connectivity index (χ1v) is 11.1. The van der Waals surface area contributed by atoms with E-state index in [-0.39, 0.29) is 5.91 Å². The number of carbonyl (C=O) groups excluding carboxylic acids is 1. The predicted molar refractivity (Wildman–Crippen MR) is 134 cm³/mol. The van der Waals surface area contributed by atoms with Crippen LogP contribution in [0, 0.1) is 0 Å². The van der Waals surface area contributed by atoms with E-state index in [1.54, 1.807) is 0 Å². The Morgan fingerprint density at radius 1 is 0.647 bits per heavy atom. The number of carbonyl (C=O) groups is 1. The Hall–Kier alpha value is -4.45. The van der Waals surface area contributed by atoms with Gasteiger partial charge < -0.3 is 24.8 Å². The lowest BCUT2D eigenvalue weighted by Gasteiger charge is -2.12. The van der Waals surface area contributed by atoms with E-state index in [2.05, 4.69) is 10.6 Å². The maximum absolute atomic E-state index is 11.5. The molecule has 0 bridgehead atoms. The Balaban J connectivity index is 1.34. The van der Waals surface area contributed by atoms with Gasteiger partial charge in [0.15, 0.2) is 6.73 Å². The summed E-state index contributed by atoms with van der Waals surface area (Å²) in [5, 5.41) is 6.05. The van der Waals surface area contributed by atoms with E-state index < -0.39 is 0 Å². The maximum atomic E-state index is 11.5. The number of ether oxygens (including phenoxy) is 3. The summed E-state index contributed by atoms with van der Waals surface area (Å²) in [4.78, 5) is 11.5. The van der Waals surface area contributed by atoms with Crippen LogP contribution in [0.1, 0.15) is 13.3 Å². The van der Waals surface area contributed by atoms with Crippen LogP contribution in [0.5, 0.6) is 28.7 Å². The highest BCUT2D eigenvalue weighted by atomic mass is 16.5. The molecule has 0 spiro atoms. The molecular formula is C28H26N2O4. The standard InChI is InChI=1S/C28H26N2O4/c1-2-28(31)30-21-14-16-24(17-15-21)33-26-12-7-13-27(19-26)34-25-11-6-8-22(18-25)29-20-32-23-9-4-3-5-10-23/h3-19,29H,2,20H2,1H3,(H,30,31). The SMILES string of the molecule is CCC(=O)Nc1ccc(Oc2cccc(Oc3cccc(NCOc4ccccc4)c3)c2)cc1. The summed E-state index contributed by atoms with van der Waals surface area (Å²) in [6.07, 6.45) is 0.436. The second-order valence-electron chi connectivity index (χ2n) is 7.41. The average molecular weight is 455 g/mol. The number of rotatable bonds is 10. The minimum atomic E-state index is -0.0264. The minimum Gasteiger partial charge on any atom is -0.473 e. The van der Waals surface area contributed by atoms with Gasteiger partial charge in [-0.1, -0.05) is 37.3 Å². The topological polar surface area (TPSA) is 68.8 Å². The highest BCUT2D eigenvalue weighted by Crippen LogP contribution is 2.30. The zero-order valence-electron chi connectivity index (χ0n) is 18.9. The van der Waals surface area contributed by atoms with Gasteiger partial charge in [0.1, 0.15) is 28.7 Å². The molecule has 0 aliphatic carbocycles. The molecule has 2 N–H and O–H groups in total. The van der Waals surface area contributed by atoms with E-state index in [1.807, 2.05) is 110 Å². The van der Waals surface area contributed by atoms with E-state index in [0.29, 0.717) is 36.1 Å². The molecule has 4 rings (SSSR count). The van der Waals surface area contributed by atoms with Gasteiger partial charge in [-0.2, -0.15) is 0 Å². The van der Waals surface area contributed by atoms with Crippen molar-refractivity contribution in [3.05, 3.63) is 103 Å². The molecule has 0 aliphatic rings. The van der Waals surface area contributed by atoms with Crippen molar-refractivity contribution in [2.45, 2.75) is 13.3 Å². The quantitative estimate of drug-likeness (QED) is 0.251. The molecule has 0 unspecified atom stereocenters. The fourth-order valence-electron chi connectivity index (χ4n) is 3.12. The number of hydrogen-bond acceptors (Lipinski definition) is 5. The summed E-state index contributed by atoms with van der Waals surface area (Å²) < 4.78 is 17.7. The van der Waals surface area contributed by atoms with Crippen molar-refractivity contribution in [2.24, 2.45) is 0 Å². The van der Waals surface area contributed by atoms with Crippen molar-refractivity contribution in [1.82, 2.24) is 0 Å². The van der Waals surface area contributed by atoms with Crippen molar-refractivity contribution in [3.8, 4) is 28.7 Å². The number of benzene rings is 4. The summed E-state index contributed by atoms with van der Waals surface area (Å²) in [5.41, 5.74) is 1.62. The zero-order chi connectivity index (χ0) is 23.6. The molecule has 0 atom stereocenters. The molecule has 6 nitrogen and oxygen atoms in total. The normalized spacial score (nSPS) is 10.3. The minimum absolute atomic E-state index is 0.0264. The van der Waals surface area contributed by atoms with Gasteiger partial charge in [-0.3, -0.25) is 4.79 Å². The Bertz CT molecular complexity index is 1210. The van der Waals surface area contributed by atoms with Crippen LogP contribution in [0.4, 0.5) is 11.4 Å². The Morgan fingerprint density at radius 3 is 1.97 bits per heavy atom. The fraction of sp³-hybridized carbons (Fsp3) is 0.107. The van der Waals surface area contributed by atoms with Crippen molar-refractivity contribution in [2.75, 3.05) is 17.4 Å². The van der Waals surface area contributed by atoms with Crippen LogP contribution in [0.15, 0.2) is 103 Å². The van der Waals surface area contributed by atoms with Gasteiger partial charge in [-0.05, 0) is 60.7 Å². The Kier molecular flexibility index (Phi) is 7.64. The van der Waals surface area contributed by atoms with Crippen molar-refractivity contribution in [1.29, 1.82) is 0 Å². The number of amides is 1. The number of hydrogen-bond donors (Lipinski definition) is 2. The Morgan fingerprint density at radius 2 is 1.26 bits per heavy atom. The molecule has 0 radical (unpaired) electrons. The summed E-state index contributed by atoms with van der Waals surface area (Å²) >= 11 is 0. The van der Waals surface area contributed by atoms with Gasteiger partial charge in [0.05, 0.1) is 0 Å². The van der Waals surface area contributed by atoms with Crippen molar-refractivity contribution in [3.63, 3.8) is 0 Å². The monoisotopic (exact) mass is 454 g/mol. The molecule has 1 amide bonds. The van der Waals surface area contributed by atoms with E-state index in [0.717, 1.165) is 17.1 Å². The van der Waals surface area contributed by atoms with Gasteiger partial charge in [0.2, 0.25) is 5.91 Å². The van der Waals surface area contributed by atoms with Crippen LogP contribution >= 0.6 is 0 Å². The van der Waals surface area contributed by atoms with Crippen molar-refractivity contribution >= 4 is 17.3 Å². The van der Waals surface area contributed by atoms with Gasteiger partial charge in [0.25, 0.3) is 0 Å². The summed E-state index contributed by atoms with van der Waals surface area (Å²) in [5.74, 6) is 3.44. The molecule has 0 saturated heterocycles. The predicted octanol–water partition coefficient (Wildman–Crippen LogP) is 7.07. The molecular weight excluding hydrogens is 428 g/mol. The average Bonchev–Trinajstić information content (AvgIpc) is 2.86. The van der Waals surface area contributed by atoms with Gasteiger partial charge in [0, 0.05) is 29.9 Å². The number of para-hydroxylation sites is 1. The van der Waals surface area contributed by atoms with E-state index in [1.165, 1.54) is 0 Å². The molecule has 172 valence electrons. The van der Waals surface area contributed by atoms with Crippen LogP contribution in [0.3, 0.4) is 0 Å². The lowest BCUT2D eigenvalue weighted by molar-refractivity contribution is -0.115. The highest BCUT2D eigenvalue weighted by Gasteiger charge is 2.04. The Labute approximate surface area is 199 Å². The zero-order valence-corrected chi connectivity index (χ0v) is 18.9. The smallest absolute Gasteiger partial charge is 0.224 e. The molecule has 0 saturated carbocycles. The first-order valence-electron chi connectivity index (χ1n) is 11.1. The molecule has 0 aliphatic heterocycles. The molecule has 4 aromatic carbocycles. The lowest BCUT2D eigenvalue weighted by Crippen LogP contribution is -2.08. The fourth-order valence-corrected chi connectivity index (χ4v) is 3.12. The maximum Gasteiger partial charge on any atom is 0.224 e. The van der Waals surface area contributed by atoms with Gasteiger partial charge in [-0.25, -0.2) is 0 Å². The molecule has 0 aromatic heterocycles. The molecule has 0 heterocycles. The third kappa shape index (κ3) is 6.77. The van der Waals surface area contributed by atoms with Crippen LogP contribution in [-0.2, 0) is 4.79 Å².